The summed E-state index contributed by atoms with van der Waals surface area (Å²) in [5, 5.41) is 0. The van der Waals surface area contributed by atoms with Crippen LogP contribution in [0.3, 0.4) is 0 Å². The first kappa shape index (κ1) is 62.5. The lowest BCUT2D eigenvalue weighted by molar-refractivity contribution is 0.138. The van der Waals surface area contributed by atoms with E-state index in [2.05, 4.69) is 119 Å². The molecule has 0 N–H and O–H groups in total. The van der Waals surface area contributed by atoms with Gasteiger partial charge in [-0.25, -0.2) is 0 Å². The van der Waals surface area contributed by atoms with E-state index in [4.69, 9.17) is 24.7 Å². The highest BCUT2D eigenvalue weighted by atomic mass is 28.5. The summed E-state index contributed by atoms with van der Waals surface area (Å²) in [7, 11) is -20.3. The summed E-state index contributed by atoms with van der Waals surface area (Å²) in [6.45, 7) is 47.3. The second-order valence-corrected chi connectivity index (χ2v) is 63.6. The van der Waals surface area contributed by atoms with E-state index in [1.54, 1.807) is 44.6 Å². The molecule has 0 saturated heterocycles. The van der Waals surface area contributed by atoms with Gasteiger partial charge in [0.25, 0.3) is 0 Å². The van der Waals surface area contributed by atoms with E-state index < -0.39 is 67.5 Å². The highest BCUT2D eigenvalue weighted by Gasteiger charge is 2.68. The van der Waals surface area contributed by atoms with Crippen LogP contribution in [-0.2, 0) is 24.7 Å². The molecule has 0 amide bonds. The van der Waals surface area contributed by atoms with E-state index in [1.807, 2.05) is 11.4 Å². The standard InChI is InChI=1S/C56H98O5Si6.C8H18OSi2/c1-39(53-35-43-23-27-47(53)31-43)62(5,6)57-66(51-19-15-13-16-20-51,58-63(7,8)40(2)54-36-44-24-28-48(54)32-44)61-67(52-21-17-14-18-22-52,59-64(9,10)41(3)55-37-45-25-29-49(55)33-45)60-65(11,12)42(4)56-38-46-26-30-50(56)34-46;1-7-10(3,4)9-11(5,6)8-2/h39-46,51-52H,13-38H2,1-12H3;7-8H,1-2H2,3-6H3. The van der Waals surface area contributed by atoms with E-state index in [1.165, 1.54) is 141 Å². The van der Waals surface area contributed by atoms with Crippen molar-refractivity contribution in [2.75, 3.05) is 0 Å². The fourth-order valence-corrected chi connectivity index (χ4v) is 53.7. The molecule has 8 bridgehead atoms. The molecule has 10 aliphatic carbocycles. The molecule has 0 radical (unpaired) electrons. The Balaban J connectivity index is 0.000000607. The maximum Gasteiger partial charge on any atom is 0.475 e. The molecular weight excluding hydrogens is 1090 g/mol. The van der Waals surface area contributed by atoms with E-state index >= 15 is 0 Å². The average Bonchev–Trinajstić information content (AvgIpc) is 4.35. The van der Waals surface area contributed by atoms with E-state index in [0.29, 0.717) is 33.2 Å². The molecule has 6 nitrogen and oxygen atoms in total. The maximum atomic E-state index is 9.01. The zero-order valence-electron chi connectivity index (χ0n) is 53.2. The molecule has 440 valence electrons. The lowest BCUT2D eigenvalue weighted by Gasteiger charge is -2.55. The molecule has 14 heteroatoms. The van der Waals surface area contributed by atoms with E-state index in [0.717, 1.165) is 49.4 Å². The SMILES string of the molecule is C=C[Si](C)(C)O[Si](C)(C)C=C.CC(C1=C2CCC(C2)C1)[Si](C)(C)O[Si](O[Si](C)(C)C(C)C1=C2CCC(C2)C1)(O[Si](O[Si](C)(C)C(C)C1=C2CCC(C2)C1)(O[Si](C)(C)C(C)C1=C2CCC(C2)C1)C1CCCCC1)C1CCCCC1. The van der Waals surface area contributed by atoms with Gasteiger partial charge in [-0.2, -0.15) is 0 Å². The highest BCUT2D eigenvalue weighted by molar-refractivity contribution is 6.95. The minimum Gasteiger partial charge on any atom is -0.449 e. The zero-order valence-corrected chi connectivity index (χ0v) is 61.2. The van der Waals surface area contributed by atoms with Crippen LogP contribution in [0.4, 0.5) is 0 Å². The van der Waals surface area contributed by atoms with Crippen LogP contribution in [0, 0.1) is 23.7 Å². The van der Waals surface area contributed by atoms with Crippen molar-refractivity contribution in [3.63, 3.8) is 0 Å². The molecule has 10 aliphatic rings. The van der Waals surface area contributed by atoms with Crippen molar-refractivity contribution in [3.05, 3.63) is 69.1 Å². The van der Waals surface area contributed by atoms with Crippen molar-refractivity contribution in [2.24, 2.45) is 23.7 Å². The molecule has 10 rings (SSSR count). The second-order valence-electron chi connectivity index (χ2n) is 31.2. The summed E-state index contributed by atoms with van der Waals surface area (Å²) >= 11 is 0. The molecule has 8 atom stereocenters. The van der Waals surface area contributed by atoms with Gasteiger partial charge in [-0.05, 0) is 253 Å². The number of hydrogen-bond donors (Lipinski definition) is 0. The Morgan fingerprint density at radius 1 is 0.333 bits per heavy atom. The first-order valence-electron chi connectivity index (χ1n) is 32.8. The minimum absolute atomic E-state index is 0.299. The maximum absolute atomic E-state index is 9.01. The van der Waals surface area contributed by atoms with Crippen molar-refractivity contribution in [3.8, 4) is 0 Å². The topological polar surface area (TPSA) is 55.4 Å². The monoisotopic (exact) mass is 1200 g/mol. The van der Waals surface area contributed by atoms with Crippen LogP contribution < -0.4 is 0 Å². The van der Waals surface area contributed by atoms with Gasteiger partial charge in [0.05, 0.1) is 0 Å². The molecule has 0 aromatic carbocycles. The summed E-state index contributed by atoms with van der Waals surface area (Å²) in [6, 6.07) is 0. The molecule has 0 heterocycles. The quantitative estimate of drug-likeness (QED) is 0.0709. The Hall–Kier alpha value is -0.0649. The number of hydrogen-bond acceptors (Lipinski definition) is 6. The third-order valence-electron chi connectivity index (χ3n) is 23.3. The van der Waals surface area contributed by atoms with E-state index in [-0.39, 0.29) is 0 Å². The van der Waals surface area contributed by atoms with Crippen molar-refractivity contribution in [1.29, 1.82) is 0 Å². The van der Waals surface area contributed by atoms with E-state index in [9.17, 15) is 0 Å². The Morgan fingerprint density at radius 2 is 0.577 bits per heavy atom. The predicted octanol–water partition coefficient (Wildman–Crippen LogP) is 20.9. The normalized spacial score (nSPS) is 29.3. The Morgan fingerprint density at radius 3 is 0.769 bits per heavy atom. The Labute approximate surface area is 488 Å². The van der Waals surface area contributed by atoms with Crippen LogP contribution in [0.15, 0.2) is 69.1 Å². The van der Waals surface area contributed by atoms with Gasteiger partial charge in [-0.3, -0.25) is 0 Å². The molecule has 78 heavy (non-hydrogen) atoms. The van der Waals surface area contributed by atoms with Crippen LogP contribution in [0.25, 0.3) is 0 Å². The summed E-state index contributed by atoms with van der Waals surface area (Å²) in [6.07, 6.45) is 33.7. The zero-order chi connectivity index (χ0) is 56.4. The number of rotatable bonds is 24. The molecule has 6 saturated carbocycles. The van der Waals surface area contributed by atoms with Gasteiger partial charge in [0.15, 0.2) is 49.9 Å². The Kier molecular flexibility index (Phi) is 19.2. The van der Waals surface area contributed by atoms with Gasteiger partial charge in [-0.15, -0.1) is 13.2 Å². The van der Waals surface area contributed by atoms with Crippen LogP contribution in [0.1, 0.15) is 195 Å². The van der Waals surface area contributed by atoms with Crippen LogP contribution in [0.5, 0.6) is 0 Å². The average molecular weight is 1210 g/mol. The molecule has 6 fully saturated rings. The minimum atomic E-state index is -3.60. The lowest BCUT2D eigenvalue weighted by Crippen LogP contribution is -2.72. The fourth-order valence-electron chi connectivity index (χ4n) is 17.3. The van der Waals surface area contributed by atoms with Crippen molar-refractivity contribution in [2.45, 2.75) is 306 Å². The summed E-state index contributed by atoms with van der Waals surface area (Å²) in [5.74, 6) is 3.45. The molecular formula is C64H116O6Si8. The summed E-state index contributed by atoms with van der Waals surface area (Å²) in [5.41, 5.74) is 20.6. The molecule has 8 unspecified atom stereocenters. The van der Waals surface area contributed by atoms with Gasteiger partial charge in [0.2, 0.25) is 0 Å². The smallest absolute Gasteiger partial charge is 0.449 e. The molecule has 0 aliphatic heterocycles. The van der Waals surface area contributed by atoms with Crippen molar-refractivity contribution >= 4 is 67.5 Å². The first-order chi connectivity index (χ1) is 36.5. The molecule has 0 aromatic rings. The van der Waals surface area contributed by atoms with Crippen LogP contribution in [-0.4, -0.2) is 67.5 Å². The fraction of sp³-hybridized carbons (Fsp3) is 0.812. The summed E-state index contributed by atoms with van der Waals surface area (Å²) < 4.78 is 49.5. The number of allylic oxidation sites excluding steroid dienone is 8. The van der Waals surface area contributed by atoms with Gasteiger partial charge >= 0.3 is 17.6 Å². The van der Waals surface area contributed by atoms with Gasteiger partial charge in [0.1, 0.15) is 0 Å². The van der Waals surface area contributed by atoms with Gasteiger partial charge in [-0.1, -0.05) is 122 Å². The predicted molar refractivity (Wildman–Crippen MR) is 351 cm³/mol. The molecule has 0 aromatic heterocycles. The first-order valence-corrected chi connectivity index (χ1v) is 54.3. The summed E-state index contributed by atoms with van der Waals surface area (Å²) in [4.78, 5) is 0. The highest BCUT2D eigenvalue weighted by Crippen LogP contribution is 2.59. The second kappa shape index (κ2) is 24.0. The number of fused-ring (bicyclic) bond motifs is 8. The largest absolute Gasteiger partial charge is 0.475 e. The van der Waals surface area contributed by atoms with Gasteiger partial charge < -0.3 is 24.7 Å². The molecule has 0 spiro atoms. The van der Waals surface area contributed by atoms with Crippen molar-refractivity contribution < 1.29 is 24.7 Å². The third-order valence-corrected chi connectivity index (χ3v) is 57.6. The van der Waals surface area contributed by atoms with Crippen LogP contribution in [0.2, 0.25) is 112 Å². The van der Waals surface area contributed by atoms with Gasteiger partial charge in [0, 0.05) is 11.1 Å². The Bertz CT molecular complexity index is 2060. The third kappa shape index (κ3) is 13.5. The van der Waals surface area contributed by atoms with Crippen molar-refractivity contribution in [1.82, 2.24) is 0 Å². The lowest BCUT2D eigenvalue weighted by atomic mass is 9.97. The van der Waals surface area contributed by atoms with Crippen LogP contribution >= 0.6 is 0 Å².